The van der Waals surface area contributed by atoms with Crippen molar-refractivity contribution in [1.82, 2.24) is 15.0 Å². The predicted octanol–water partition coefficient (Wildman–Crippen LogP) is 1.65. The summed E-state index contributed by atoms with van der Waals surface area (Å²) in [4.78, 5) is 5.02. The van der Waals surface area contributed by atoms with Crippen LogP contribution in [0.2, 0.25) is 0 Å². The number of hydrogen-bond donors (Lipinski definition) is 2. The Balaban J connectivity index is 2.08. The van der Waals surface area contributed by atoms with Crippen LogP contribution in [0, 0.1) is 6.92 Å². The number of aromatic nitrogens is 1. The maximum absolute atomic E-state index is 12.1. The number of rotatable bonds is 6. The second-order valence-corrected chi connectivity index (χ2v) is 7.10. The molecule has 0 aromatic carbocycles. The van der Waals surface area contributed by atoms with Crippen molar-refractivity contribution in [3.8, 4) is 0 Å². The highest BCUT2D eigenvalue weighted by Gasteiger charge is 2.15. The van der Waals surface area contributed by atoms with Crippen molar-refractivity contribution in [1.29, 1.82) is 0 Å². The molecule has 0 aliphatic heterocycles. The van der Waals surface area contributed by atoms with Gasteiger partial charge in [0.1, 0.15) is 0 Å². The molecule has 5 nitrogen and oxygen atoms in total. The number of pyridine rings is 1. The summed E-state index contributed by atoms with van der Waals surface area (Å²) < 4.78 is 26.8. The molecule has 0 unspecified atom stereocenters. The molecule has 2 aromatic rings. The first-order valence-electron chi connectivity index (χ1n) is 6.15. The Hall–Kier alpha value is -1.28. The maximum Gasteiger partial charge on any atom is 0.258 e. The van der Waals surface area contributed by atoms with Gasteiger partial charge in [-0.15, -0.1) is 11.3 Å². The zero-order chi connectivity index (χ0) is 14.6. The Kier molecular flexibility index (Phi) is 4.87. The topological polar surface area (TPSA) is 71.1 Å². The van der Waals surface area contributed by atoms with E-state index >= 15 is 0 Å². The van der Waals surface area contributed by atoms with E-state index in [9.17, 15) is 8.42 Å². The average Bonchev–Trinajstić information content (AvgIpc) is 2.83. The highest BCUT2D eigenvalue weighted by Crippen LogP contribution is 2.16. The van der Waals surface area contributed by atoms with Crippen molar-refractivity contribution in [2.45, 2.75) is 25.0 Å². The average molecular weight is 311 g/mol. The van der Waals surface area contributed by atoms with Gasteiger partial charge >= 0.3 is 0 Å². The minimum absolute atomic E-state index is 0.0477. The maximum atomic E-state index is 12.1. The first kappa shape index (κ1) is 15.1. The fourth-order valence-corrected chi connectivity index (χ4v) is 3.56. The van der Waals surface area contributed by atoms with Gasteiger partial charge in [0.2, 0.25) is 0 Å². The van der Waals surface area contributed by atoms with Crippen LogP contribution in [0.1, 0.15) is 16.0 Å². The standard InChI is InChI=1S/C13H17N3O2S2/c1-10-5-6-19-12(10)9-16-20(17,18)13-4-3-11(7-14-2)8-15-13/h3-6,8,14,16H,7,9H2,1-2H3. The molecule has 2 rings (SSSR count). The van der Waals surface area contributed by atoms with Crippen molar-refractivity contribution in [3.63, 3.8) is 0 Å². The molecular formula is C13H17N3O2S2. The number of aryl methyl sites for hydroxylation is 1. The van der Waals surface area contributed by atoms with Crippen LogP contribution in [0.5, 0.6) is 0 Å². The fraction of sp³-hybridized carbons (Fsp3) is 0.308. The minimum Gasteiger partial charge on any atom is -0.316 e. The number of nitrogens with one attached hydrogen (secondary N) is 2. The van der Waals surface area contributed by atoms with Gasteiger partial charge in [0, 0.05) is 24.2 Å². The highest BCUT2D eigenvalue weighted by molar-refractivity contribution is 7.89. The molecule has 0 aliphatic carbocycles. The van der Waals surface area contributed by atoms with Gasteiger partial charge < -0.3 is 5.32 Å². The number of sulfonamides is 1. The van der Waals surface area contributed by atoms with Crippen LogP contribution in [-0.4, -0.2) is 20.4 Å². The monoisotopic (exact) mass is 311 g/mol. The molecule has 2 heterocycles. The first-order valence-corrected chi connectivity index (χ1v) is 8.51. The predicted molar refractivity (Wildman–Crippen MR) is 80.1 cm³/mol. The van der Waals surface area contributed by atoms with Crippen molar-refractivity contribution < 1.29 is 8.42 Å². The molecule has 0 spiro atoms. The third kappa shape index (κ3) is 3.63. The molecule has 0 atom stereocenters. The molecule has 0 aliphatic rings. The molecule has 0 saturated carbocycles. The largest absolute Gasteiger partial charge is 0.316 e. The third-order valence-corrected chi connectivity index (χ3v) is 5.18. The number of nitrogens with zero attached hydrogens (tertiary/aromatic N) is 1. The van der Waals surface area contributed by atoms with Crippen LogP contribution in [-0.2, 0) is 23.1 Å². The van der Waals surface area contributed by atoms with Crippen LogP contribution >= 0.6 is 11.3 Å². The van der Waals surface area contributed by atoms with E-state index in [1.165, 1.54) is 17.4 Å². The molecule has 0 fully saturated rings. The van der Waals surface area contributed by atoms with E-state index in [0.717, 1.165) is 16.0 Å². The Morgan fingerprint density at radius 3 is 2.60 bits per heavy atom. The van der Waals surface area contributed by atoms with Crippen LogP contribution in [0.3, 0.4) is 0 Å². The second kappa shape index (κ2) is 6.45. The Morgan fingerprint density at radius 1 is 1.25 bits per heavy atom. The molecule has 0 amide bonds. The Morgan fingerprint density at radius 2 is 2.05 bits per heavy atom. The SMILES string of the molecule is CNCc1ccc(S(=O)(=O)NCc2sccc2C)nc1. The summed E-state index contributed by atoms with van der Waals surface area (Å²) in [6.45, 7) is 2.92. The molecule has 7 heteroatoms. The van der Waals surface area contributed by atoms with Crippen LogP contribution in [0.25, 0.3) is 0 Å². The first-order chi connectivity index (χ1) is 9.53. The molecule has 108 valence electrons. The van der Waals surface area contributed by atoms with E-state index < -0.39 is 10.0 Å². The van der Waals surface area contributed by atoms with E-state index in [4.69, 9.17) is 0 Å². The zero-order valence-corrected chi connectivity index (χ0v) is 13.0. The third-order valence-electron chi connectivity index (χ3n) is 2.84. The summed E-state index contributed by atoms with van der Waals surface area (Å²) in [6.07, 6.45) is 1.57. The van der Waals surface area contributed by atoms with Gasteiger partial charge in [-0.2, -0.15) is 0 Å². The van der Waals surface area contributed by atoms with Crippen LogP contribution in [0.4, 0.5) is 0 Å². The normalized spacial score (nSPS) is 11.7. The van der Waals surface area contributed by atoms with Gasteiger partial charge in [-0.05, 0) is 42.6 Å². The summed E-state index contributed by atoms with van der Waals surface area (Å²) in [5.41, 5.74) is 2.04. The molecular weight excluding hydrogens is 294 g/mol. The molecule has 0 saturated heterocycles. The number of thiophene rings is 1. The lowest BCUT2D eigenvalue weighted by Crippen LogP contribution is -2.24. The lowest BCUT2D eigenvalue weighted by Gasteiger charge is -2.06. The van der Waals surface area contributed by atoms with E-state index in [-0.39, 0.29) is 5.03 Å². The van der Waals surface area contributed by atoms with Gasteiger partial charge in [-0.1, -0.05) is 6.07 Å². The van der Waals surface area contributed by atoms with Crippen molar-refractivity contribution in [2.75, 3.05) is 7.05 Å². The minimum atomic E-state index is -3.56. The van der Waals surface area contributed by atoms with Gasteiger partial charge in [0.05, 0.1) is 0 Å². The van der Waals surface area contributed by atoms with Gasteiger partial charge in [-0.25, -0.2) is 18.1 Å². The summed E-state index contributed by atoms with van der Waals surface area (Å²) >= 11 is 1.54. The van der Waals surface area contributed by atoms with Crippen LogP contribution < -0.4 is 10.0 Å². The number of hydrogen-bond acceptors (Lipinski definition) is 5. The van der Waals surface area contributed by atoms with Gasteiger partial charge in [0.25, 0.3) is 10.0 Å². The second-order valence-electron chi connectivity index (χ2n) is 4.39. The van der Waals surface area contributed by atoms with Crippen molar-refractivity contribution >= 4 is 21.4 Å². The Bertz CT molecular complexity index is 663. The molecule has 20 heavy (non-hydrogen) atoms. The van der Waals surface area contributed by atoms with E-state index in [1.54, 1.807) is 12.3 Å². The van der Waals surface area contributed by atoms with E-state index in [1.807, 2.05) is 25.4 Å². The lowest BCUT2D eigenvalue weighted by molar-refractivity contribution is 0.577. The molecule has 2 aromatic heterocycles. The molecule has 0 bridgehead atoms. The zero-order valence-electron chi connectivity index (χ0n) is 11.4. The summed E-state index contributed by atoms with van der Waals surface area (Å²) in [5.74, 6) is 0. The summed E-state index contributed by atoms with van der Waals surface area (Å²) in [6, 6.07) is 5.25. The highest BCUT2D eigenvalue weighted by atomic mass is 32.2. The Labute approximate surface area is 123 Å². The quantitative estimate of drug-likeness (QED) is 0.851. The van der Waals surface area contributed by atoms with Gasteiger partial charge in [-0.3, -0.25) is 0 Å². The fourth-order valence-electron chi connectivity index (χ4n) is 1.70. The molecule has 0 radical (unpaired) electrons. The van der Waals surface area contributed by atoms with Crippen molar-refractivity contribution in [2.24, 2.45) is 0 Å². The lowest BCUT2D eigenvalue weighted by atomic mass is 10.3. The van der Waals surface area contributed by atoms with E-state index in [0.29, 0.717) is 13.1 Å². The summed E-state index contributed by atoms with van der Waals surface area (Å²) in [5, 5.41) is 4.98. The smallest absolute Gasteiger partial charge is 0.258 e. The van der Waals surface area contributed by atoms with Crippen molar-refractivity contribution in [3.05, 3.63) is 45.8 Å². The summed E-state index contributed by atoms with van der Waals surface area (Å²) in [7, 11) is -1.73. The van der Waals surface area contributed by atoms with E-state index in [2.05, 4.69) is 15.0 Å². The van der Waals surface area contributed by atoms with Crippen LogP contribution in [0.15, 0.2) is 34.8 Å². The molecule has 2 N–H and O–H groups in total. The van der Waals surface area contributed by atoms with Gasteiger partial charge in [0.15, 0.2) is 5.03 Å².